The summed E-state index contributed by atoms with van der Waals surface area (Å²) < 4.78 is 15.4. The number of aromatic nitrogens is 2. The van der Waals surface area contributed by atoms with Gasteiger partial charge < -0.3 is 19.3 Å². The average Bonchev–Trinajstić information content (AvgIpc) is 3.21. The summed E-state index contributed by atoms with van der Waals surface area (Å²) in [5.41, 5.74) is 0.404. The first-order chi connectivity index (χ1) is 10.7. The molecule has 3 aliphatic rings. The van der Waals surface area contributed by atoms with Gasteiger partial charge in [-0.2, -0.15) is 4.37 Å². The van der Waals surface area contributed by atoms with Gasteiger partial charge in [-0.1, -0.05) is 0 Å². The summed E-state index contributed by atoms with van der Waals surface area (Å²) in [6.07, 6.45) is 2.54. The zero-order chi connectivity index (χ0) is 15.2. The van der Waals surface area contributed by atoms with E-state index in [0.29, 0.717) is 24.0 Å². The highest BCUT2D eigenvalue weighted by atomic mass is 32.1. The van der Waals surface area contributed by atoms with E-state index in [4.69, 9.17) is 9.47 Å². The van der Waals surface area contributed by atoms with Crippen molar-refractivity contribution in [3.8, 4) is 0 Å². The highest BCUT2D eigenvalue weighted by Gasteiger charge is 2.56. The van der Waals surface area contributed by atoms with E-state index in [2.05, 4.69) is 26.2 Å². The standard InChI is InChI=1S/C15H24N4O2S/c1-18-5-3-15(4-6-18)10-19(12-8-21-7-11(12)15)14-16-13(9-20-2)17-22-14/h11-12H,3-10H2,1-2H3/t11-,12+/m0/s1. The molecule has 122 valence electrons. The van der Waals surface area contributed by atoms with Crippen LogP contribution >= 0.6 is 11.5 Å². The maximum absolute atomic E-state index is 5.85. The lowest BCUT2D eigenvalue weighted by atomic mass is 9.70. The van der Waals surface area contributed by atoms with Crippen LogP contribution in [0, 0.1) is 11.3 Å². The van der Waals surface area contributed by atoms with Gasteiger partial charge in [-0.3, -0.25) is 0 Å². The summed E-state index contributed by atoms with van der Waals surface area (Å²) in [6, 6.07) is 0.478. The predicted octanol–water partition coefficient (Wildman–Crippen LogP) is 1.23. The molecule has 3 aliphatic heterocycles. The second kappa shape index (κ2) is 5.70. The Bertz CT molecular complexity index is 529. The fraction of sp³-hybridized carbons (Fsp3) is 0.867. The molecule has 0 saturated carbocycles. The first kappa shape index (κ1) is 14.8. The van der Waals surface area contributed by atoms with Gasteiger partial charge in [0.1, 0.15) is 6.61 Å². The maximum Gasteiger partial charge on any atom is 0.205 e. The van der Waals surface area contributed by atoms with Gasteiger partial charge >= 0.3 is 0 Å². The summed E-state index contributed by atoms with van der Waals surface area (Å²) in [7, 11) is 3.91. The zero-order valence-corrected chi connectivity index (χ0v) is 14.1. The van der Waals surface area contributed by atoms with Crippen LogP contribution < -0.4 is 4.90 Å². The third kappa shape index (κ3) is 2.35. The first-order valence-corrected chi connectivity index (χ1v) is 8.84. The topological polar surface area (TPSA) is 50.7 Å². The van der Waals surface area contributed by atoms with Crippen molar-refractivity contribution < 1.29 is 9.47 Å². The van der Waals surface area contributed by atoms with E-state index in [1.54, 1.807) is 7.11 Å². The lowest BCUT2D eigenvalue weighted by Gasteiger charge is -2.40. The molecule has 3 fully saturated rings. The Morgan fingerprint density at radius 1 is 1.36 bits per heavy atom. The molecule has 1 aromatic rings. The molecule has 0 amide bonds. The summed E-state index contributed by atoms with van der Waals surface area (Å²) in [4.78, 5) is 9.59. The number of likely N-dealkylation sites (tertiary alicyclic amines) is 1. The molecule has 0 aromatic carbocycles. The number of rotatable bonds is 3. The molecule has 4 heterocycles. The molecule has 1 aromatic heterocycles. The molecule has 0 N–H and O–H groups in total. The normalized spacial score (nSPS) is 31.1. The molecule has 2 atom stereocenters. The van der Waals surface area contributed by atoms with E-state index in [1.165, 1.54) is 37.5 Å². The minimum absolute atomic E-state index is 0.404. The maximum atomic E-state index is 5.85. The summed E-state index contributed by atoms with van der Waals surface area (Å²) in [6.45, 7) is 5.74. The zero-order valence-electron chi connectivity index (χ0n) is 13.3. The van der Waals surface area contributed by atoms with Crippen LogP contribution in [0.15, 0.2) is 0 Å². The number of piperidine rings is 1. The molecule has 6 nitrogen and oxygen atoms in total. The molecule has 7 heteroatoms. The fourth-order valence-corrected chi connectivity index (χ4v) is 5.09. The largest absolute Gasteiger partial charge is 0.379 e. The smallest absolute Gasteiger partial charge is 0.205 e. The van der Waals surface area contributed by atoms with Crippen molar-refractivity contribution in [3.63, 3.8) is 0 Å². The van der Waals surface area contributed by atoms with Crippen LogP contribution in [0.3, 0.4) is 0 Å². The molecule has 0 radical (unpaired) electrons. The summed E-state index contributed by atoms with van der Waals surface area (Å²) in [5, 5.41) is 1.04. The Kier molecular flexibility index (Phi) is 3.84. The molecule has 4 rings (SSSR count). The van der Waals surface area contributed by atoms with E-state index < -0.39 is 0 Å². The monoisotopic (exact) mass is 324 g/mol. The lowest BCUT2D eigenvalue weighted by Crippen LogP contribution is -2.43. The number of nitrogens with zero attached hydrogens (tertiary/aromatic N) is 4. The van der Waals surface area contributed by atoms with Crippen molar-refractivity contribution in [1.82, 2.24) is 14.3 Å². The van der Waals surface area contributed by atoms with Gasteiger partial charge in [0.15, 0.2) is 5.82 Å². The Labute approximate surface area is 135 Å². The van der Waals surface area contributed by atoms with Gasteiger partial charge in [0.05, 0.1) is 19.3 Å². The Hall–Kier alpha value is -0.760. The molecule has 3 saturated heterocycles. The molecular weight excluding hydrogens is 300 g/mol. The Balaban J connectivity index is 1.58. The van der Waals surface area contributed by atoms with Crippen LogP contribution in [0.1, 0.15) is 18.7 Å². The molecule has 0 unspecified atom stereocenters. The Morgan fingerprint density at radius 2 is 2.18 bits per heavy atom. The van der Waals surface area contributed by atoms with Gasteiger partial charge in [-0.15, -0.1) is 0 Å². The van der Waals surface area contributed by atoms with Gasteiger partial charge in [0.2, 0.25) is 5.13 Å². The highest BCUT2D eigenvalue weighted by molar-refractivity contribution is 7.09. The van der Waals surface area contributed by atoms with Crippen molar-refractivity contribution in [2.24, 2.45) is 11.3 Å². The number of methoxy groups -OCH3 is 1. The van der Waals surface area contributed by atoms with Crippen molar-refractivity contribution in [3.05, 3.63) is 5.82 Å². The average molecular weight is 324 g/mol. The van der Waals surface area contributed by atoms with Crippen LogP contribution in [-0.4, -0.2) is 67.3 Å². The molecule has 1 spiro atoms. The molecule has 22 heavy (non-hydrogen) atoms. The van der Waals surface area contributed by atoms with Crippen LogP contribution in [0.25, 0.3) is 0 Å². The van der Waals surface area contributed by atoms with E-state index in [-0.39, 0.29) is 0 Å². The van der Waals surface area contributed by atoms with Crippen molar-refractivity contribution in [1.29, 1.82) is 0 Å². The second-order valence-electron chi connectivity index (χ2n) is 6.93. The van der Waals surface area contributed by atoms with Crippen LogP contribution in [0.5, 0.6) is 0 Å². The summed E-state index contributed by atoms with van der Waals surface area (Å²) in [5.74, 6) is 1.44. The minimum Gasteiger partial charge on any atom is -0.379 e. The van der Waals surface area contributed by atoms with E-state index in [0.717, 1.165) is 30.7 Å². The second-order valence-corrected chi connectivity index (χ2v) is 7.66. The number of hydrogen-bond acceptors (Lipinski definition) is 7. The number of anilines is 1. The highest BCUT2D eigenvalue weighted by Crippen LogP contribution is 2.51. The molecular formula is C15H24N4O2S. The lowest BCUT2D eigenvalue weighted by molar-refractivity contribution is 0.0716. The first-order valence-electron chi connectivity index (χ1n) is 8.06. The van der Waals surface area contributed by atoms with E-state index in [9.17, 15) is 0 Å². The molecule has 0 bridgehead atoms. The third-order valence-electron chi connectivity index (χ3n) is 5.68. The van der Waals surface area contributed by atoms with Crippen molar-refractivity contribution >= 4 is 16.7 Å². The van der Waals surface area contributed by atoms with Gasteiger partial charge in [-0.25, -0.2) is 4.98 Å². The third-order valence-corrected chi connectivity index (χ3v) is 6.47. The fourth-order valence-electron chi connectivity index (χ4n) is 4.36. The van der Waals surface area contributed by atoms with Gasteiger partial charge in [0.25, 0.3) is 0 Å². The number of ether oxygens (including phenoxy) is 2. The van der Waals surface area contributed by atoms with Crippen LogP contribution in [0.2, 0.25) is 0 Å². The minimum atomic E-state index is 0.404. The SMILES string of the molecule is COCc1nsc(N2CC3(CCN(C)CC3)[C@H]3COC[C@H]32)n1. The van der Waals surface area contributed by atoms with Gasteiger partial charge in [0, 0.05) is 31.1 Å². The summed E-state index contributed by atoms with van der Waals surface area (Å²) >= 11 is 1.50. The van der Waals surface area contributed by atoms with E-state index >= 15 is 0 Å². The van der Waals surface area contributed by atoms with Crippen LogP contribution in [-0.2, 0) is 16.1 Å². The predicted molar refractivity (Wildman–Crippen MR) is 85.2 cm³/mol. The van der Waals surface area contributed by atoms with Crippen molar-refractivity contribution in [2.45, 2.75) is 25.5 Å². The number of hydrogen-bond donors (Lipinski definition) is 0. The number of fused-ring (bicyclic) bond motifs is 2. The van der Waals surface area contributed by atoms with Crippen LogP contribution in [0.4, 0.5) is 5.13 Å². The molecule has 0 aliphatic carbocycles. The Morgan fingerprint density at radius 3 is 2.95 bits per heavy atom. The van der Waals surface area contributed by atoms with Crippen molar-refractivity contribution in [2.75, 3.05) is 51.9 Å². The quantitative estimate of drug-likeness (QED) is 0.834. The van der Waals surface area contributed by atoms with E-state index in [1.807, 2.05) is 0 Å². The van der Waals surface area contributed by atoms with Gasteiger partial charge in [-0.05, 0) is 38.4 Å².